The first kappa shape index (κ1) is 20.7. The van der Waals surface area contributed by atoms with E-state index in [1.54, 1.807) is 23.1 Å². The van der Waals surface area contributed by atoms with Gasteiger partial charge in [-0.15, -0.1) is 0 Å². The third-order valence-electron chi connectivity index (χ3n) is 4.09. The second-order valence-electron chi connectivity index (χ2n) is 6.26. The highest BCUT2D eigenvalue weighted by Crippen LogP contribution is 2.36. The summed E-state index contributed by atoms with van der Waals surface area (Å²) >= 11 is 6.34. The second kappa shape index (κ2) is 9.93. The van der Waals surface area contributed by atoms with E-state index >= 15 is 0 Å². The molecule has 0 unspecified atom stereocenters. The highest BCUT2D eigenvalue weighted by molar-refractivity contribution is 6.32. The Morgan fingerprint density at radius 2 is 1.97 bits per heavy atom. The number of rotatable bonds is 9. The van der Waals surface area contributed by atoms with Crippen LogP contribution in [0, 0.1) is 0 Å². The van der Waals surface area contributed by atoms with E-state index in [2.05, 4.69) is 15.4 Å². The molecule has 0 aliphatic carbocycles. The van der Waals surface area contributed by atoms with Crippen molar-refractivity contribution in [1.82, 2.24) is 20.1 Å². The summed E-state index contributed by atoms with van der Waals surface area (Å²) < 4.78 is 13.0. The summed E-state index contributed by atoms with van der Waals surface area (Å²) in [5.41, 5.74) is 2.27. The number of carbonyl (C=O) groups is 1. The molecule has 1 heterocycles. The van der Waals surface area contributed by atoms with Gasteiger partial charge in [-0.25, -0.2) is 9.67 Å². The van der Waals surface area contributed by atoms with Crippen molar-refractivity contribution in [1.29, 1.82) is 0 Å². The van der Waals surface area contributed by atoms with Crippen LogP contribution in [0.1, 0.15) is 36.2 Å². The fourth-order valence-electron chi connectivity index (χ4n) is 2.70. The first-order valence-electron chi connectivity index (χ1n) is 9.43. The minimum atomic E-state index is -0.241. The Labute approximate surface area is 174 Å². The molecule has 0 aliphatic rings. The molecule has 0 bridgehead atoms. The van der Waals surface area contributed by atoms with Crippen molar-refractivity contribution in [3.8, 4) is 17.2 Å². The Morgan fingerprint density at radius 3 is 2.62 bits per heavy atom. The van der Waals surface area contributed by atoms with Crippen molar-refractivity contribution in [3.63, 3.8) is 0 Å². The third kappa shape index (κ3) is 5.26. The molecule has 2 aromatic carbocycles. The van der Waals surface area contributed by atoms with Crippen molar-refractivity contribution in [3.05, 3.63) is 65.2 Å². The van der Waals surface area contributed by atoms with E-state index in [0.29, 0.717) is 41.8 Å². The topological polar surface area (TPSA) is 78.3 Å². The van der Waals surface area contributed by atoms with Crippen molar-refractivity contribution in [2.75, 3.05) is 13.2 Å². The minimum absolute atomic E-state index is 0.241. The molecule has 7 nitrogen and oxygen atoms in total. The Kier molecular flexibility index (Phi) is 7.08. The number of nitrogens with zero attached hydrogens (tertiary/aromatic N) is 3. The number of aromatic nitrogens is 3. The number of hydrogen-bond donors (Lipinski definition) is 1. The van der Waals surface area contributed by atoms with E-state index in [1.165, 1.54) is 6.33 Å². The molecule has 3 rings (SSSR count). The van der Waals surface area contributed by atoms with E-state index in [9.17, 15) is 4.79 Å². The zero-order chi connectivity index (χ0) is 20.6. The predicted octanol–water partition coefficient (Wildman–Crippen LogP) is 4.04. The van der Waals surface area contributed by atoms with Crippen LogP contribution in [0.2, 0.25) is 5.02 Å². The predicted molar refractivity (Wildman–Crippen MR) is 111 cm³/mol. The number of ether oxygens (including phenoxy) is 2. The fraction of sp³-hybridized carbons (Fsp3) is 0.286. The second-order valence-corrected chi connectivity index (χ2v) is 6.66. The smallest absolute Gasteiger partial charge is 0.251 e. The maximum absolute atomic E-state index is 12.6. The highest BCUT2D eigenvalue weighted by atomic mass is 35.5. The van der Waals surface area contributed by atoms with Gasteiger partial charge in [0.25, 0.3) is 5.91 Å². The molecule has 0 aliphatic heterocycles. The molecule has 0 fully saturated rings. The maximum atomic E-state index is 12.6. The van der Waals surface area contributed by atoms with Crippen molar-refractivity contribution < 1.29 is 14.3 Å². The SMILES string of the molecule is CCCOc1c(Cl)cc(C(=O)NCc2ccc(-n3cncn3)cc2)cc1OCC. The fourth-order valence-corrected chi connectivity index (χ4v) is 2.96. The van der Waals surface area contributed by atoms with Gasteiger partial charge in [-0.2, -0.15) is 5.10 Å². The first-order chi connectivity index (χ1) is 14.1. The molecule has 29 heavy (non-hydrogen) atoms. The van der Waals surface area contributed by atoms with Crippen molar-refractivity contribution in [2.45, 2.75) is 26.8 Å². The number of benzene rings is 2. The molecule has 3 aromatic rings. The standard InChI is InChI=1S/C21H23ClN4O3/c1-3-9-29-20-18(22)10-16(11-19(20)28-4-2)21(27)24-12-15-5-7-17(8-6-15)26-14-23-13-25-26/h5-8,10-11,13-14H,3-4,9,12H2,1-2H3,(H,24,27). The van der Waals surface area contributed by atoms with Gasteiger partial charge >= 0.3 is 0 Å². The molecule has 8 heteroatoms. The number of carbonyl (C=O) groups excluding carboxylic acids is 1. The number of halogens is 1. The van der Waals surface area contributed by atoms with E-state index in [-0.39, 0.29) is 5.91 Å². The lowest BCUT2D eigenvalue weighted by molar-refractivity contribution is 0.0950. The monoisotopic (exact) mass is 414 g/mol. The highest BCUT2D eigenvalue weighted by Gasteiger charge is 2.16. The lowest BCUT2D eigenvalue weighted by Crippen LogP contribution is -2.23. The van der Waals surface area contributed by atoms with Crippen LogP contribution in [0.3, 0.4) is 0 Å². The molecule has 0 radical (unpaired) electrons. The van der Waals surface area contributed by atoms with E-state index in [1.807, 2.05) is 38.1 Å². The zero-order valence-electron chi connectivity index (χ0n) is 16.4. The normalized spacial score (nSPS) is 10.6. The summed E-state index contributed by atoms with van der Waals surface area (Å²) in [5, 5.41) is 7.34. The summed E-state index contributed by atoms with van der Waals surface area (Å²) in [6.07, 6.45) is 3.96. The van der Waals surface area contributed by atoms with Crippen LogP contribution in [0.4, 0.5) is 0 Å². The molecule has 152 valence electrons. The quantitative estimate of drug-likeness (QED) is 0.571. The summed E-state index contributed by atoms with van der Waals surface area (Å²) in [5.74, 6) is 0.696. The zero-order valence-corrected chi connectivity index (χ0v) is 17.1. The molecule has 0 spiro atoms. The van der Waals surface area contributed by atoms with Crippen LogP contribution in [0.25, 0.3) is 5.69 Å². The summed E-state index contributed by atoms with van der Waals surface area (Å²) in [4.78, 5) is 16.5. The van der Waals surface area contributed by atoms with Crippen LogP contribution >= 0.6 is 11.6 Å². The molecule has 0 saturated carbocycles. The summed E-state index contributed by atoms with van der Waals surface area (Å²) in [7, 11) is 0. The Balaban J connectivity index is 1.68. The molecule has 1 amide bonds. The molecule has 1 N–H and O–H groups in total. The van der Waals surface area contributed by atoms with Gasteiger partial charge in [-0.3, -0.25) is 4.79 Å². The average Bonchev–Trinajstić information content (AvgIpc) is 3.27. The van der Waals surface area contributed by atoms with Gasteiger partial charge in [0.05, 0.1) is 23.9 Å². The van der Waals surface area contributed by atoms with Crippen LogP contribution in [0.5, 0.6) is 11.5 Å². The van der Waals surface area contributed by atoms with Crippen LogP contribution in [0.15, 0.2) is 49.1 Å². The Bertz CT molecular complexity index is 943. The van der Waals surface area contributed by atoms with E-state index in [0.717, 1.165) is 17.7 Å². The maximum Gasteiger partial charge on any atom is 0.251 e. The Hall–Kier alpha value is -3.06. The third-order valence-corrected chi connectivity index (χ3v) is 4.38. The van der Waals surface area contributed by atoms with Gasteiger partial charge in [0.2, 0.25) is 0 Å². The minimum Gasteiger partial charge on any atom is -0.490 e. The number of nitrogens with one attached hydrogen (secondary N) is 1. The molecule has 0 saturated heterocycles. The number of amides is 1. The van der Waals surface area contributed by atoms with Gasteiger partial charge in [-0.05, 0) is 43.2 Å². The van der Waals surface area contributed by atoms with Gasteiger partial charge in [0, 0.05) is 12.1 Å². The van der Waals surface area contributed by atoms with E-state index < -0.39 is 0 Å². The lowest BCUT2D eigenvalue weighted by Gasteiger charge is -2.15. The van der Waals surface area contributed by atoms with Crippen LogP contribution in [-0.4, -0.2) is 33.9 Å². The average molecular weight is 415 g/mol. The van der Waals surface area contributed by atoms with Crippen LogP contribution < -0.4 is 14.8 Å². The largest absolute Gasteiger partial charge is 0.490 e. The van der Waals surface area contributed by atoms with Gasteiger partial charge < -0.3 is 14.8 Å². The molecular formula is C21H23ClN4O3. The molecule has 0 atom stereocenters. The number of hydrogen-bond acceptors (Lipinski definition) is 5. The van der Waals surface area contributed by atoms with Gasteiger partial charge in [0.1, 0.15) is 12.7 Å². The van der Waals surface area contributed by atoms with Gasteiger partial charge in [0.15, 0.2) is 11.5 Å². The first-order valence-corrected chi connectivity index (χ1v) is 9.81. The van der Waals surface area contributed by atoms with Crippen molar-refractivity contribution in [2.24, 2.45) is 0 Å². The molecular weight excluding hydrogens is 392 g/mol. The Morgan fingerprint density at radius 1 is 1.17 bits per heavy atom. The van der Waals surface area contributed by atoms with Crippen LogP contribution in [-0.2, 0) is 6.54 Å². The van der Waals surface area contributed by atoms with Crippen molar-refractivity contribution >= 4 is 17.5 Å². The van der Waals surface area contributed by atoms with E-state index in [4.69, 9.17) is 21.1 Å². The molecule has 1 aromatic heterocycles. The summed E-state index contributed by atoms with van der Waals surface area (Å²) in [6, 6.07) is 10.9. The lowest BCUT2D eigenvalue weighted by atomic mass is 10.1. The summed E-state index contributed by atoms with van der Waals surface area (Å²) in [6.45, 7) is 5.23. The van der Waals surface area contributed by atoms with Gasteiger partial charge in [-0.1, -0.05) is 30.7 Å².